The van der Waals surface area contributed by atoms with Gasteiger partial charge in [0.2, 0.25) is 21.8 Å². The molecule has 44 heavy (non-hydrogen) atoms. The number of rotatable bonds is 13. The molecule has 1 aliphatic rings. The molecule has 1 unspecified atom stereocenters. The van der Waals surface area contributed by atoms with Gasteiger partial charge >= 0.3 is 0 Å². The van der Waals surface area contributed by atoms with Crippen LogP contribution in [-0.4, -0.2) is 50.0 Å². The Balaban J connectivity index is 1.61. The van der Waals surface area contributed by atoms with Crippen molar-refractivity contribution in [2.45, 2.75) is 83.8 Å². The molecule has 2 amide bonds. The first-order valence-corrected chi connectivity index (χ1v) is 17.7. The van der Waals surface area contributed by atoms with Gasteiger partial charge in [0, 0.05) is 37.0 Å². The highest BCUT2D eigenvalue weighted by atomic mass is 35.5. The van der Waals surface area contributed by atoms with Crippen LogP contribution in [0.4, 0.5) is 5.69 Å². The number of nitrogens with one attached hydrogen (secondary N) is 1. The van der Waals surface area contributed by atoms with Crippen molar-refractivity contribution >= 4 is 39.1 Å². The Morgan fingerprint density at radius 3 is 2.30 bits per heavy atom. The first-order valence-electron chi connectivity index (χ1n) is 15.5. The quantitative estimate of drug-likeness (QED) is 0.229. The number of benzene rings is 3. The monoisotopic (exact) mass is 637 g/mol. The summed E-state index contributed by atoms with van der Waals surface area (Å²) in [4.78, 5) is 29.7. The Hall–Kier alpha value is -3.36. The Kier molecular flexibility index (Phi) is 11.9. The van der Waals surface area contributed by atoms with Crippen LogP contribution in [-0.2, 0) is 32.6 Å². The summed E-state index contributed by atoms with van der Waals surface area (Å²) in [6.45, 7) is 4.16. The van der Waals surface area contributed by atoms with Crippen molar-refractivity contribution in [3.63, 3.8) is 0 Å². The van der Waals surface area contributed by atoms with Gasteiger partial charge in [0.1, 0.15) is 6.04 Å². The lowest BCUT2D eigenvalue weighted by Gasteiger charge is -2.34. The average molecular weight is 638 g/mol. The van der Waals surface area contributed by atoms with Crippen LogP contribution >= 0.6 is 11.6 Å². The number of halogens is 1. The third-order valence-electron chi connectivity index (χ3n) is 8.52. The van der Waals surface area contributed by atoms with Crippen molar-refractivity contribution in [2.24, 2.45) is 0 Å². The molecule has 0 saturated heterocycles. The van der Waals surface area contributed by atoms with E-state index in [1.54, 1.807) is 17.0 Å². The second-order valence-electron chi connectivity index (χ2n) is 11.8. The number of amides is 2. The molecule has 0 aliphatic heterocycles. The van der Waals surface area contributed by atoms with E-state index in [4.69, 9.17) is 11.6 Å². The van der Waals surface area contributed by atoms with Crippen LogP contribution < -0.4 is 9.62 Å². The maximum atomic E-state index is 14.1. The van der Waals surface area contributed by atoms with E-state index < -0.39 is 16.1 Å². The molecule has 0 bridgehead atoms. The average Bonchev–Trinajstić information content (AvgIpc) is 3.00. The lowest BCUT2D eigenvalue weighted by Crippen LogP contribution is -2.53. The fraction of sp³-hybridized carbons (Fsp3) is 0.429. The second-order valence-corrected chi connectivity index (χ2v) is 14.1. The molecule has 0 radical (unpaired) electrons. The number of nitrogens with zero attached hydrogens (tertiary/aromatic N) is 2. The zero-order valence-electron chi connectivity index (χ0n) is 26.0. The van der Waals surface area contributed by atoms with Crippen molar-refractivity contribution in [3.8, 4) is 0 Å². The van der Waals surface area contributed by atoms with Crippen LogP contribution in [0.2, 0.25) is 5.02 Å². The fourth-order valence-electron chi connectivity index (χ4n) is 5.90. The maximum Gasteiger partial charge on any atom is 0.243 e. The van der Waals surface area contributed by atoms with Crippen LogP contribution in [0.1, 0.15) is 67.2 Å². The van der Waals surface area contributed by atoms with Crippen molar-refractivity contribution < 1.29 is 18.0 Å². The molecule has 0 aromatic heterocycles. The molecular formula is C35H44ClN3O4S. The third kappa shape index (κ3) is 9.08. The van der Waals surface area contributed by atoms with E-state index in [9.17, 15) is 18.0 Å². The normalized spacial score (nSPS) is 14.5. The highest BCUT2D eigenvalue weighted by Gasteiger charge is 2.32. The van der Waals surface area contributed by atoms with Gasteiger partial charge in [0.05, 0.1) is 11.9 Å². The van der Waals surface area contributed by atoms with E-state index in [-0.39, 0.29) is 37.4 Å². The zero-order valence-corrected chi connectivity index (χ0v) is 27.5. The highest BCUT2D eigenvalue weighted by molar-refractivity contribution is 7.92. The van der Waals surface area contributed by atoms with Crippen molar-refractivity contribution in [2.75, 3.05) is 17.1 Å². The summed E-state index contributed by atoms with van der Waals surface area (Å²) >= 11 is 6.55. The third-order valence-corrected chi connectivity index (χ3v) is 10.1. The Labute approximate surface area is 267 Å². The van der Waals surface area contributed by atoms with Gasteiger partial charge in [-0.05, 0) is 67.5 Å². The SMILES string of the molecule is Cc1cccc(N(CCCC(=O)N(Cc2ccccc2Cl)C(Cc2ccccc2)C(=O)NC2CCCCC2)S(C)(=O)=O)c1C. The van der Waals surface area contributed by atoms with Crippen LogP contribution in [0.5, 0.6) is 0 Å². The van der Waals surface area contributed by atoms with Gasteiger partial charge in [0.15, 0.2) is 0 Å². The van der Waals surface area contributed by atoms with Crippen molar-refractivity contribution in [1.82, 2.24) is 10.2 Å². The topological polar surface area (TPSA) is 86.8 Å². The van der Waals surface area contributed by atoms with E-state index in [0.29, 0.717) is 23.6 Å². The zero-order chi connectivity index (χ0) is 31.7. The fourth-order valence-corrected chi connectivity index (χ4v) is 7.11. The molecule has 3 aromatic rings. The van der Waals surface area contributed by atoms with Crippen LogP contribution in [0.3, 0.4) is 0 Å². The molecule has 4 rings (SSSR count). The summed E-state index contributed by atoms with van der Waals surface area (Å²) in [5, 5.41) is 3.77. The Bertz CT molecular complexity index is 1520. The van der Waals surface area contributed by atoms with Gasteiger partial charge in [-0.25, -0.2) is 8.42 Å². The minimum Gasteiger partial charge on any atom is -0.352 e. The molecule has 9 heteroatoms. The number of sulfonamides is 1. The van der Waals surface area contributed by atoms with Crippen molar-refractivity contribution in [3.05, 3.63) is 100 Å². The largest absolute Gasteiger partial charge is 0.352 e. The lowest BCUT2D eigenvalue weighted by atomic mass is 9.94. The minimum absolute atomic E-state index is 0.0728. The Morgan fingerprint density at radius 1 is 0.932 bits per heavy atom. The predicted molar refractivity (Wildman–Crippen MR) is 178 cm³/mol. The van der Waals surface area contributed by atoms with E-state index >= 15 is 0 Å². The molecule has 1 saturated carbocycles. The smallest absolute Gasteiger partial charge is 0.243 e. The van der Waals surface area contributed by atoms with Gasteiger partial charge in [-0.1, -0.05) is 91.5 Å². The molecule has 1 N–H and O–H groups in total. The van der Waals surface area contributed by atoms with Gasteiger partial charge < -0.3 is 10.2 Å². The van der Waals surface area contributed by atoms with E-state index in [1.165, 1.54) is 17.0 Å². The van der Waals surface area contributed by atoms with Gasteiger partial charge in [-0.3, -0.25) is 13.9 Å². The summed E-state index contributed by atoms with van der Waals surface area (Å²) in [5.74, 6) is -0.395. The number of carbonyl (C=O) groups is 2. The van der Waals surface area contributed by atoms with E-state index in [2.05, 4.69) is 5.32 Å². The van der Waals surface area contributed by atoms with E-state index in [1.807, 2.05) is 74.5 Å². The molecule has 7 nitrogen and oxygen atoms in total. The summed E-state index contributed by atoms with van der Waals surface area (Å²) in [5.41, 5.74) is 4.19. The van der Waals surface area contributed by atoms with Gasteiger partial charge in [-0.2, -0.15) is 0 Å². The standard InChI is InChI=1S/C35H44ClN3O4S/c1-26-14-12-21-32(27(26)2)39(44(3,42)43)23-13-22-34(40)38(25-29-17-10-11-20-31(29)36)33(24-28-15-6-4-7-16-28)35(41)37-30-18-8-5-9-19-30/h4,6-7,10-12,14-17,20-21,30,33H,5,8-9,13,18-19,22-25H2,1-3H3,(H,37,41). The summed E-state index contributed by atoms with van der Waals surface area (Å²) < 4.78 is 27.0. The highest BCUT2D eigenvalue weighted by Crippen LogP contribution is 2.26. The number of aryl methyl sites for hydroxylation is 1. The lowest BCUT2D eigenvalue weighted by molar-refractivity contribution is -0.141. The minimum atomic E-state index is -3.59. The van der Waals surface area contributed by atoms with Gasteiger partial charge in [-0.15, -0.1) is 0 Å². The molecule has 1 atom stereocenters. The van der Waals surface area contributed by atoms with Crippen molar-refractivity contribution in [1.29, 1.82) is 0 Å². The molecule has 1 aliphatic carbocycles. The summed E-state index contributed by atoms with van der Waals surface area (Å²) in [6.07, 6.45) is 7.10. The molecule has 1 fully saturated rings. The number of hydrogen-bond donors (Lipinski definition) is 1. The summed E-state index contributed by atoms with van der Waals surface area (Å²) in [7, 11) is -3.59. The van der Waals surface area contributed by atoms with Crippen LogP contribution in [0.15, 0.2) is 72.8 Å². The first-order chi connectivity index (χ1) is 21.0. The molecule has 236 valence electrons. The molecule has 0 heterocycles. The number of hydrogen-bond acceptors (Lipinski definition) is 4. The molecule has 3 aromatic carbocycles. The Morgan fingerprint density at radius 2 is 1.61 bits per heavy atom. The van der Waals surface area contributed by atoms with Crippen LogP contribution in [0, 0.1) is 13.8 Å². The second kappa shape index (κ2) is 15.6. The van der Waals surface area contributed by atoms with E-state index in [0.717, 1.165) is 47.9 Å². The summed E-state index contributed by atoms with van der Waals surface area (Å²) in [6, 6.07) is 22.0. The van der Waals surface area contributed by atoms with Gasteiger partial charge in [0.25, 0.3) is 0 Å². The molecule has 0 spiro atoms. The number of carbonyl (C=O) groups excluding carboxylic acids is 2. The first kappa shape index (κ1) is 33.5. The molecular weight excluding hydrogens is 594 g/mol. The van der Waals surface area contributed by atoms with Crippen LogP contribution in [0.25, 0.3) is 0 Å². The predicted octanol–water partition coefficient (Wildman–Crippen LogP) is 6.59. The number of anilines is 1. The maximum absolute atomic E-state index is 14.1.